The molecule has 0 amide bonds. The molecule has 0 aliphatic heterocycles. The minimum Gasteiger partial charge on any atom is -0.469 e. The van der Waals surface area contributed by atoms with Gasteiger partial charge in [-0.1, -0.05) is 12.8 Å². The van der Waals surface area contributed by atoms with Gasteiger partial charge in [-0.3, -0.25) is 4.79 Å². The van der Waals surface area contributed by atoms with Gasteiger partial charge in [0.05, 0.1) is 13.2 Å². The summed E-state index contributed by atoms with van der Waals surface area (Å²) < 4.78 is 4.51. The predicted octanol–water partition coefficient (Wildman–Crippen LogP) is 0.833. The molecule has 0 spiro atoms. The lowest BCUT2D eigenvalue weighted by atomic mass is 10.2. The summed E-state index contributed by atoms with van der Waals surface area (Å²) >= 11 is 0. The Kier molecular flexibility index (Phi) is 5.65. The number of carbonyl (C=O) groups excluding carboxylic acids is 1. The average Bonchev–Trinajstić information content (AvgIpc) is 2.75. The molecule has 1 atom stereocenters. The maximum atomic E-state index is 10.8. The maximum absolute atomic E-state index is 10.8. The minimum atomic E-state index is -0.440. The van der Waals surface area contributed by atoms with Gasteiger partial charge in [-0.15, -0.1) is 0 Å². The molecule has 4 heteroatoms. The first-order valence-corrected chi connectivity index (χ1v) is 5.70. The Hall–Kier alpha value is -0.610. The molecule has 0 radical (unpaired) electrons. The normalized spacial score (nSPS) is 19.1. The lowest BCUT2D eigenvalue weighted by Gasteiger charge is -2.15. The van der Waals surface area contributed by atoms with Gasteiger partial charge in [0.2, 0.25) is 0 Å². The fourth-order valence-electron chi connectivity index (χ4n) is 1.92. The third-order valence-corrected chi connectivity index (χ3v) is 2.91. The third-order valence-electron chi connectivity index (χ3n) is 2.91. The number of hydrogen-bond acceptors (Lipinski definition) is 4. The molecule has 1 rings (SSSR count). The summed E-state index contributed by atoms with van der Waals surface area (Å²) in [6.07, 6.45) is 5.33. The molecule has 0 aromatic heterocycles. The Labute approximate surface area is 91.0 Å². The zero-order valence-electron chi connectivity index (χ0n) is 9.37. The lowest BCUT2D eigenvalue weighted by Crippen LogP contribution is -2.34. The maximum Gasteiger partial charge on any atom is 0.305 e. The van der Waals surface area contributed by atoms with E-state index in [1.807, 2.05) is 0 Å². The number of aliphatic hydroxyl groups is 1. The standard InChI is InChI=1S/C11H21NO3/c1-15-11(14)7-6-10(13)8-12-9-4-2-3-5-9/h9-10,12-13H,2-8H2,1H3. The molecule has 0 saturated heterocycles. The van der Waals surface area contributed by atoms with Gasteiger partial charge in [-0.05, 0) is 19.3 Å². The Morgan fingerprint density at radius 2 is 2.20 bits per heavy atom. The summed E-state index contributed by atoms with van der Waals surface area (Å²) in [5.74, 6) is -0.255. The van der Waals surface area contributed by atoms with Crippen molar-refractivity contribution in [2.75, 3.05) is 13.7 Å². The molecule has 2 N–H and O–H groups in total. The lowest BCUT2D eigenvalue weighted by molar-refractivity contribution is -0.141. The van der Waals surface area contributed by atoms with Gasteiger partial charge >= 0.3 is 5.97 Å². The molecule has 0 aromatic rings. The van der Waals surface area contributed by atoms with Crippen LogP contribution in [0.1, 0.15) is 38.5 Å². The highest BCUT2D eigenvalue weighted by atomic mass is 16.5. The van der Waals surface area contributed by atoms with Crippen LogP contribution in [0.2, 0.25) is 0 Å². The quantitative estimate of drug-likeness (QED) is 0.644. The van der Waals surface area contributed by atoms with E-state index in [1.54, 1.807) is 0 Å². The predicted molar refractivity (Wildman–Crippen MR) is 57.5 cm³/mol. The van der Waals surface area contributed by atoms with Crippen LogP contribution in [0.4, 0.5) is 0 Å². The molecule has 15 heavy (non-hydrogen) atoms. The second kappa shape index (κ2) is 6.80. The van der Waals surface area contributed by atoms with Crippen molar-refractivity contribution in [3.8, 4) is 0 Å². The Morgan fingerprint density at radius 3 is 2.80 bits per heavy atom. The summed E-state index contributed by atoms with van der Waals surface area (Å²) in [6.45, 7) is 0.585. The van der Waals surface area contributed by atoms with Crippen molar-refractivity contribution in [2.45, 2.75) is 50.7 Å². The van der Waals surface area contributed by atoms with E-state index in [0.29, 0.717) is 25.4 Å². The highest BCUT2D eigenvalue weighted by Gasteiger charge is 2.15. The zero-order chi connectivity index (χ0) is 11.1. The van der Waals surface area contributed by atoms with Crippen molar-refractivity contribution >= 4 is 5.97 Å². The van der Waals surface area contributed by atoms with Crippen LogP contribution in [0.3, 0.4) is 0 Å². The Bertz CT molecular complexity index is 190. The second-order valence-corrected chi connectivity index (χ2v) is 4.16. The second-order valence-electron chi connectivity index (χ2n) is 4.16. The first kappa shape index (κ1) is 12.5. The average molecular weight is 215 g/mol. The number of hydrogen-bond donors (Lipinski definition) is 2. The number of esters is 1. The summed E-state index contributed by atoms with van der Waals surface area (Å²) in [4.78, 5) is 10.8. The van der Waals surface area contributed by atoms with Crippen molar-refractivity contribution < 1.29 is 14.6 Å². The monoisotopic (exact) mass is 215 g/mol. The van der Waals surface area contributed by atoms with E-state index >= 15 is 0 Å². The van der Waals surface area contributed by atoms with Crippen molar-refractivity contribution in [1.29, 1.82) is 0 Å². The van der Waals surface area contributed by atoms with Crippen molar-refractivity contribution in [3.63, 3.8) is 0 Å². The molecule has 0 aromatic carbocycles. The van der Waals surface area contributed by atoms with Gasteiger partial charge in [-0.25, -0.2) is 0 Å². The molecular formula is C11H21NO3. The fourth-order valence-corrected chi connectivity index (χ4v) is 1.92. The molecule has 88 valence electrons. The molecule has 1 unspecified atom stereocenters. The van der Waals surface area contributed by atoms with Gasteiger partial charge in [-0.2, -0.15) is 0 Å². The topological polar surface area (TPSA) is 58.6 Å². The van der Waals surface area contributed by atoms with Crippen LogP contribution >= 0.6 is 0 Å². The van der Waals surface area contributed by atoms with Crippen LogP contribution in [0.15, 0.2) is 0 Å². The molecular weight excluding hydrogens is 194 g/mol. The number of nitrogens with one attached hydrogen (secondary N) is 1. The van der Waals surface area contributed by atoms with Gasteiger partial charge in [0, 0.05) is 19.0 Å². The molecule has 1 saturated carbocycles. The van der Waals surface area contributed by atoms with Gasteiger partial charge in [0.1, 0.15) is 0 Å². The largest absolute Gasteiger partial charge is 0.469 e. The van der Waals surface area contributed by atoms with E-state index in [0.717, 1.165) is 0 Å². The van der Waals surface area contributed by atoms with E-state index in [-0.39, 0.29) is 5.97 Å². The van der Waals surface area contributed by atoms with E-state index in [4.69, 9.17) is 0 Å². The van der Waals surface area contributed by atoms with Crippen LogP contribution < -0.4 is 5.32 Å². The number of aliphatic hydroxyl groups excluding tert-OH is 1. The van der Waals surface area contributed by atoms with Crippen LogP contribution in [0.25, 0.3) is 0 Å². The molecule has 0 bridgehead atoms. The first-order valence-electron chi connectivity index (χ1n) is 5.70. The third kappa shape index (κ3) is 5.14. The molecule has 4 nitrogen and oxygen atoms in total. The molecule has 1 aliphatic carbocycles. The van der Waals surface area contributed by atoms with Crippen LogP contribution in [0, 0.1) is 0 Å². The highest BCUT2D eigenvalue weighted by molar-refractivity contribution is 5.69. The van der Waals surface area contributed by atoms with E-state index in [9.17, 15) is 9.90 Å². The smallest absolute Gasteiger partial charge is 0.305 e. The SMILES string of the molecule is COC(=O)CCC(O)CNC1CCCC1. The number of rotatable bonds is 6. The number of carbonyl (C=O) groups is 1. The van der Waals surface area contributed by atoms with Crippen molar-refractivity contribution in [1.82, 2.24) is 5.32 Å². The van der Waals surface area contributed by atoms with Crippen molar-refractivity contribution in [3.05, 3.63) is 0 Å². The summed E-state index contributed by atoms with van der Waals surface area (Å²) in [5, 5.41) is 12.9. The van der Waals surface area contributed by atoms with E-state index < -0.39 is 6.10 Å². The van der Waals surface area contributed by atoms with Gasteiger partial charge < -0.3 is 15.2 Å². The summed E-state index contributed by atoms with van der Waals surface area (Å²) in [5.41, 5.74) is 0. The number of ether oxygens (including phenoxy) is 1. The Balaban J connectivity index is 2.02. The first-order chi connectivity index (χ1) is 7.22. The van der Waals surface area contributed by atoms with Gasteiger partial charge in [0.25, 0.3) is 0 Å². The highest BCUT2D eigenvalue weighted by Crippen LogP contribution is 2.17. The van der Waals surface area contributed by atoms with Gasteiger partial charge in [0.15, 0.2) is 0 Å². The van der Waals surface area contributed by atoms with Crippen LogP contribution in [-0.4, -0.2) is 36.9 Å². The Morgan fingerprint density at radius 1 is 1.53 bits per heavy atom. The zero-order valence-corrected chi connectivity index (χ0v) is 9.37. The van der Waals surface area contributed by atoms with E-state index in [1.165, 1.54) is 32.8 Å². The number of methoxy groups -OCH3 is 1. The minimum absolute atomic E-state index is 0.255. The van der Waals surface area contributed by atoms with E-state index in [2.05, 4.69) is 10.1 Å². The van der Waals surface area contributed by atoms with Crippen molar-refractivity contribution in [2.24, 2.45) is 0 Å². The van der Waals surface area contributed by atoms with Crippen LogP contribution in [-0.2, 0) is 9.53 Å². The molecule has 0 heterocycles. The fraction of sp³-hybridized carbons (Fsp3) is 0.909. The molecule has 1 aliphatic rings. The summed E-state index contributed by atoms with van der Waals surface area (Å²) in [7, 11) is 1.37. The molecule has 1 fully saturated rings. The summed E-state index contributed by atoms with van der Waals surface area (Å²) in [6, 6.07) is 0.567. The van der Waals surface area contributed by atoms with Crippen LogP contribution in [0.5, 0.6) is 0 Å².